The summed E-state index contributed by atoms with van der Waals surface area (Å²) in [6.07, 6.45) is 0.981. The van der Waals surface area contributed by atoms with Crippen molar-refractivity contribution in [1.82, 2.24) is 0 Å². The molecular weight excluding hydrogens is 172 g/mol. The molecule has 4 N–H and O–H groups in total. The lowest BCUT2D eigenvalue weighted by atomic mass is 9.92. The van der Waals surface area contributed by atoms with Crippen molar-refractivity contribution >= 4 is 0 Å². The summed E-state index contributed by atoms with van der Waals surface area (Å²) in [6, 6.07) is 8.52. The highest BCUT2D eigenvalue weighted by atomic mass is 14.7. The quantitative estimate of drug-likeness (QED) is 0.766. The molecule has 2 heteroatoms. The molecule has 1 aromatic rings. The van der Waals surface area contributed by atoms with E-state index in [2.05, 4.69) is 38.1 Å². The average molecular weight is 192 g/mol. The van der Waals surface area contributed by atoms with Gasteiger partial charge in [-0.25, -0.2) is 0 Å². The van der Waals surface area contributed by atoms with Crippen LogP contribution in [-0.2, 0) is 0 Å². The maximum atomic E-state index is 6.12. The largest absolute Gasteiger partial charge is 0.330 e. The Kier molecular flexibility index (Phi) is 4.11. The van der Waals surface area contributed by atoms with Crippen molar-refractivity contribution in [3.05, 3.63) is 35.4 Å². The summed E-state index contributed by atoms with van der Waals surface area (Å²) >= 11 is 0. The molecule has 0 saturated carbocycles. The van der Waals surface area contributed by atoms with Gasteiger partial charge in [-0.1, -0.05) is 36.8 Å². The predicted octanol–water partition coefficient (Wildman–Crippen LogP) is 1.98. The first-order valence-corrected chi connectivity index (χ1v) is 5.17. The highest BCUT2D eigenvalue weighted by Crippen LogP contribution is 2.21. The van der Waals surface area contributed by atoms with E-state index >= 15 is 0 Å². The summed E-state index contributed by atoms with van der Waals surface area (Å²) in [7, 11) is 0. The molecule has 78 valence electrons. The minimum atomic E-state index is 0.110. The molecule has 2 unspecified atom stereocenters. The lowest BCUT2D eigenvalue weighted by molar-refractivity contribution is 0.444. The van der Waals surface area contributed by atoms with Gasteiger partial charge in [0.15, 0.2) is 0 Å². The van der Waals surface area contributed by atoms with Crippen LogP contribution in [0.2, 0.25) is 0 Å². The molecule has 0 radical (unpaired) electrons. The van der Waals surface area contributed by atoms with Crippen LogP contribution >= 0.6 is 0 Å². The molecule has 0 aliphatic rings. The normalized spacial score (nSPS) is 15.1. The predicted molar refractivity (Wildman–Crippen MR) is 60.9 cm³/mol. The Morgan fingerprint density at radius 3 is 2.29 bits per heavy atom. The average Bonchev–Trinajstić information content (AvgIpc) is 2.18. The van der Waals surface area contributed by atoms with Gasteiger partial charge in [-0.05, 0) is 31.4 Å². The lowest BCUT2D eigenvalue weighted by Gasteiger charge is -2.19. The van der Waals surface area contributed by atoms with Crippen LogP contribution < -0.4 is 11.5 Å². The van der Waals surface area contributed by atoms with Crippen LogP contribution in [0.4, 0.5) is 0 Å². The number of hydrogen-bond acceptors (Lipinski definition) is 2. The second kappa shape index (κ2) is 5.13. The van der Waals surface area contributed by atoms with Gasteiger partial charge in [0.05, 0.1) is 0 Å². The van der Waals surface area contributed by atoms with E-state index in [1.807, 2.05) is 0 Å². The molecule has 0 bridgehead atoms. The Morgan fingerprint density at radius 2 is 1.79 bits per heavy atom. The molecule has 0 aliphatic carbocycles. The van der Waals surface area contributed by atoms with E-state index in [9.17, 15) is 0 Å². The number of hydrogen-bond donors (Lipinski definition) is 2. The van der Waals surface area contributed by atoms with Crippen LogP contribution in [0.15, 0.2) is 24.3 Å². The van der Waals surface area contributed by atoms with Gasteiger partial charge in [-0.2, -0.15) is 0 Å². The van der Waals surface area contributed by atoms with Crippen LogP contribution in [0.1, 0.15) is 30.5 Å². The van der Waals surface area contributed by atoms with Crippen LogP contribution in [0.5, 0.6) is 0 Å². The molecule has 2 atom stereocenters. The van der Waals surface area contributed by atoms with Gasteiger partial charge in [0, 0.05) is 6.04 Å². The smallest absolute Gasteiger partial charge is 0.0321 e. The fraction of sp³-hybridized carbons (Fsp3) is 0.500. The minimum Gasteiger partial charge on any atom is -0.330 e. The molecule has 0 spiro atoms. The zero-order valence-corrected chi connectivity index (χ0v) is 9.03. The zero-order valence-electron chi connectivity index (χ0n) is 9.03. The van der Waals surface area contributed by atoms with E-state index in [-0.39, 0.29) is 6.04 Å². The molecule has 0 fully saturated rings. The Balaban J connectivity index is 2.68. The Bertz CT molecular complexity index is 266. The van der Waals surface area contributed by atoms with Gasteiger partial charge < -0.3 is 11.5 Å². The fourth-order valence-electron chi connectivity index (χ4n) is 1.56. The molecule has 2 nitrogen and oxygen atoms in total. The first-order chi connectivity index (χ1) is 6.65. The molecule has 1 rings (SSSR count). The monoisotopic (exact) mass is 192 g/mol. The lowest BCUT2D eigenvalue weighted by Crippen LogP contribution is -2.21. The first kappa shape index (κ1) is 11.2. The van der Waals surface area contributed by atoms with Crippen LogP contribution in [-0.4, -0.2) is 6.54 Å². The van der Waals surface area contributed by atoms with E-state index in [0.717, 1.165) is 6.42 Å². The van der Waals surface area contributed by atoms with Crippen LogP contribution in [0.25, 0.3) is 0 Å². The second-order valence-electron chi connectivity index (χ2n) is 3.99. The highest BCUT2D eigenvalue weighted by molar-refractivity contribution is 5.24. The summed E-state index contributed by atoms with van der Waals surface area (Å²) in [5.74, 6) is 0.447. The summed E-state index contributed by atoms with van der Waals surface area (Å²) in [4.78, 5) is 0. The number of aryl methyl sites for hydroxylation is 1. The highest BCUT2D eigenvalue weighted by Gasteiger charge is 2.13. The molecule has 0 saturated heterocycles. The van der Waals surface area contributed by atoms with Gasteiger partial charge in [0.2, 0.25) is 0 Å². The van der Waals surface area contributed by atoms with E-state index < -0.39 is 0 Å². The third-order valence-electron chi connectivity index (χ3n) is 2.70. The fourth-order valence-corrected chi connectivity index (χ4v) is 1.56. The number of rotatable bonds is 4. The second-order valence-corrected chi connectivity index (χ2v) is 3.99. The molecular formula is C12H20N2. The van der Waals surface area contributed by atoms with Crippen LogP contribution in [0, 0.1) is 12.8 Å². The van der Waals surface area contributed by atoms with Crippen molar-refractivity contribution in [1.29, 1.82) is 0 Å². The van der Waals surface area contributed by atoms with Crippen molar-refractivity contribution in [2.24, 2.45) is 17.4 Å². The molecule has 0 amide bonds. The Morgan fingerprint density at radius 1 is 1.21 bits per heavy atom. The summed E-state index contributed by atoms with van der Waals surface area (Å²) in [5, 5.41) is 0. The van der Waals surface area contributed by atoms with E-state index in [1.165, 1.54) is 11.1 Å². The maximum Gasteiger partial charge on any atom is 0.0321 e. The first-order valence-electron chi connectivity index (χ1n) is 5.17. The van der Waals surface area contributed by atoms with Gasteiger partial charge in [0.1, 0.15) is 0 Å². The van der Waals surface area contributed by atoms with Crippen LogP contribution in [0.3, 0.4) is 0 Å². The molecule has 0 aromatic heterocycles. The third-order valence-corrected chi connectivity index (χ3v) is 2.70. The van der Waals surface area contributed by atoms with E-state index in [1.54, 1.807) is 0 Å². The molecule has 1 aromatic carbocycles. The number of nitrogens with two attached hydrogens (primary N) is 2. The topological polar surface area (TPSA) is 52.0 Å². The van der Waals surface area contributed by atoms with Crippen molar-refractivity contribution < 1.29 is 0 Å². The summed E-state index contributed by atoms with van der Waals surface area (Å²) < 4.78 is 0. The Labute approximate surface area is 86.3 Å². The van der Waals surface area contributed by atoms with Crippen molar-refractivity contribution in [2.45, 2.75) is 26.3 Å². The summed E-state index contributed by atoms with van der Waals surface area (Å²) in [6.45, 7) is 4.94. The molecule has 0 heterocycles. The van der Waals surface area contributed by atoms with E-state index in [0.29, 0.717) is 12.5 Å². The SMILES string of the molecule is Cc1ccc(C(N)C(C)CCN)cc1. The molecule has 0 aliphatic heterocycles. The Hall–Kier alpha value is -0.860. The zero-order chi connectivity index (χ0) is 10.6. The van der Waals surface area contributed by atoms with E-state index in [4.69, 9.17) is 11.5 Å². The minimum absolute atomic E-state index is 0.110. The third kappa shape index (κ3) is 2.82. The number of benzene rings is 1. The van der Waals surface area contributed by atoms with Gasteiger partial charge in [-0.15, -0.1) is 0 Å². The van der Waals surface area contributed by atoms with Crippen molar-refractivity contribution in [2.75, 3.05) is 6.54 Å². The van der Waals surface area contributed by atoms with Crippen molar-refractivity contribution in [3.8, 4) is 0 Å². The van der Waals surface area contributed by atoms with Gasteiger partial charge in [-0.3, -0.25) is 0 Å². The van der Waals surface area contributed by atoms with Gasteiger partial charge in [0.25, 0.3) is 0 Å². The molecule has 14 heavy (non-hydrogen) atoms. The van der Waals surface area contributed by atoms with Gasteiger partial charge >= 0.3 is 0 Å². The standard InChI is InChI=1S/C12H20N2/c1-9-3-5-11(6-4-9)12(14)10(2)7-8-13/h3-6,10,12H,7-8,13-14H2,1-2H3. The maximum absolute atomic E-state index is 6.12. The summed E-state index contributed by atoms with van der Waals surface area (Å²) in [5.41, 5.74) is 14.1. The van der Waals surface area contributed by atoms with Crippen molar-refractivity contribution in [3.63, 3.8) is 0 Å².